The summed E-state index contributed by atoms with van der Waals surface area (Å²) in [6.45, 7) is 0. The molecule has 0 atom stereocenters. The van der Waals surface area contributed by atoms with Crippen molar-refractivity contribution in [3.05, 3.63) is 36.4 Å². The molecule has 2 aromatic heterocycles. The second-order valence-electron chi connectivity index (χ2n) is 3.34. The van der Waals surface area contributed by atoms with Gasteiger partial charge in [0.1, 0.15) is 0 Å². The summed E-state index contributed by atoms with van der Waals surface area (Å²) in [5, 5.41) is 0. The van der Waals surface area contributed by atoms with Crippen molar-refractivity contribution in [1.29, 1.82) is 0 Å². The van der Waals surface area contributed by atoms with Gasteiger partial charge in [0.05, 0.1) is 18.0 Å². The SMILES string of the molecule is CN(C)C(=O)c1ccn2cncc2c1. The number of pyridine rings is 1. The lowest BCUT2D eigenvalue weighted by Crippen LogP contribution is -2.21. The summed E-state index contributed by atoms with van der Waals surface area (Å²) in [5.41, 5.74) is 1.61. The van der Waals surface area contributed by atoms with Crippen molar-refractivity contribution < 1.29 is 4.79 Å². The van der Waals surface area contributed by atoms with Crippen LogP contribution >= 0.6 is 0 Å². The number of aromatic nitrogens is 2. The molecule has 4 heteroatoms. The van der Waals surface area contributed by atoms with Gasteiger partial charge in [0.25, 0.3) is 5.91 Å². The van der Waals surface area contributed by atoms with Gasteiger partial charge in [0.15, 0.2) is 0 Å². The summed E-state index contributed by atoms with van der Waals surface area (Å²) >= 11 is 0. The molecular weight excluding hydrogens is 178 g/mol. The molecule has 2 rings (SSSR count). The predicted octanol–water partition coefficient (Wildman–Crippen LogP) is 1.04. The summed E-state index contributed by atoms with van der Waals surface area (Å²) in [4.78, 5) is 17.1. The molecule has 0 saturated carbocycles. The van der Waals surface area contributed by atoms with E-state index in [4.69, 9.17) is 0 Å². The molecule has 0 N–H and O–H groups in total. The second-order valence-corrected chi connectivity index (χ2v) is 3.34. The normalized spacial score (nSPS) is 10.4. The monoisotopic (exact) mass is 189 g/mol. The highest BCUT2D eigenvalue weighted by atomic mass is 16.2. The zero-order chi connectivity index (χ0) is 10.1. The van der Waals surface area contributed by atoms with Crippen LogP contribution in [0.3, 0.4) is 0 Å². The Morgan fingerprint density at radius 2 is 2.29 bits per heavy atom. The number of nitrogens with zero attached hydrogens (tertiary/aromatic N) is 3. The van der Waals surface area contributed by atoms with Crippen LogP contribution in [0.15, 0.2) is 30.9 Å². The molecule has 0 aliphatic rings. The molecule has 0 fully saturated rings. The zero-order valence-corrected chi connectivity index (χ0v) is 8.14. The highest BCUT2D eigenvalue weighted by Gasteiger charge is 2.07. The van der Waals surface area contributed by atoms with E-state index < -0.39 is 0 Å². The summed E-state index contributed by atoms with van der Waals surface area (Å²) in [6, 6.07) is 3.62. The van der Waals surface area contributed by atoms with Gasteiger partial charge in [0, 0.05) is 25.9 Å². The Labute approximate surface area is 81.8 Å². The van der Waals surface area contributed by atoms with Crippen molar-refractivity contribution in [3.8, 4) is 0 Å². The lowest BCUT2D eigenvalue weighted by molar-refractivity contribution is 0.0827. The van der Waals surface area contributed by atoms with Crippen LogP contribution in [-0.4, -0.2) is 34.3 Å². The molecule has 0 unspecified atom stereocenters. The van der Waals surface area contributed by atoms with Gasteiger partial charge in [-0.2, -0.15) is 0 Å². The van der Waals surface area contributed by atoms with Crippen molar-refractivity contribution in [3.63, 3.8) is 0 Å². The number of imidazole rings is 1. The maximum atomic E-state index is 11.6. The van der Waals surface area contributed by atoms with Crippen LogP contribution in [0.25, 0.3) is 5.52 Å². The summed E-state index contributed by atoms with van der Waals surface area (Å²) in [5.74, 6) is 0.00806. The molecular formula is C10H11N3O. The molecule has 0 saturated heterocycles. The Morgan fingerprint density at radius 1 is 1.50 bits per heavy atom. The molecule has 4 nitrogen and oxygen atoms in total. The van der Waals surface area contributed by atoms with E-state index in [-0.39, 0.29) is 5.91 Å². The van der Waals surface area contributed by atoms with E-state index in [1.54, 1.807) is 37.6 Å². The molecule has 72 valence electrons. The molecule has 0 aliphatic heterocycles. The van der Waals surface area contributed by atoms with Crippen LogP contribution in [0.1, 0.15) is 10.4 Å². The van der Waals surface area contributed by atoms with Gasteiger partial charge >= 0.3 is 0 Å². The molecule has 0 bridgehead atoms. The molecule has 0 spiro atoms. The van der Waals surface area contributed by atoms with Crippen molar-refractivity contribution in [2.75, 3.05) is 14.1 Å². The van der Waals surface area contributed by atoms with Gasteiger partial charge in [-0.3, -0.25) is 4.79 Å². The standard InChI is InChI=1S/C10H11N3O/c1-12(2)10(14)8-3-4-13-7-11-6-9(13)5-8/h3-7H,1-2H3. The molecule has 14 heavy (non-hydrogen) atoms. The van der Waals surface area contributed by atoms with Gasteiger partial charge < -0.3 is 9.30 Å². The highest BCUT2D eigenvalue weighted by molar-refractivity contribution is 5.94. The maximum Gasteiger partial charge on any atom is 0.253 e. The number of rotatable bonds is 1. The van der Waals surface area contributed by atoms with Crippen LogP contribution in [0, 0.1) is 0 Å². The first-order valence-corrected chi connectivity index (χ1v) is 4.32. The topological polar surface area (TPSA) is 37.6 Å². The quantitative estimate of drug-likeness (QED) is 0.672. The minimum absolute atomic E-state index is 0.00806. The fourth-order valence-corrected chi connectivity index (χ4v) is 1.31. The van der Waals surface area contributed by atoms with Crippen LogP contribution in [0.2, 0.25) is 0 Å². The minimum atomic E-state index is 0.00806. The van der Waals surface area contributed by atoms with Crippen LogP contribution in [0.5, 0.6) is 0 Å². The Balaban J connectivity index is 2.48. The van der Waals surface area contributed by atoms with Crippen molar-refractivity contribution in [1.82, 2.24) is 14.3 Å². The first kappa shape index (κ1) is 8.74. The van der Waals surface area contributed by atoms with Crippen molar-refractivity contribution >= 4 is 11.4 Å². The van der Waals surface area contributed by atoms with Gasteiger partial charge in [-0.25, -0.2) is 4.98 Å². The number of hydrogen-bond donors (Lipinski definition) is 0. The first-order chi connectivity index (χ1) is 6.68. The van der Waals surface area contributed by atoms with Crippen molar-refractivity contribution in [2.24, 2.45) is 0 Å². The number of fused-ring (bicyclic) bond motifs is 1. The molecule has 2 aromatic rings. The molecule has 2 heterocycles. The Kier molecular flexibility index (Phi) is 1.96. The third kappa shape index (κ3) is 1.35. The van der Waals surface area contributed by atoms with E-state index in [0.29, 0.717) is 5.56 Å². The third-order valence-electron chi connectivity index (χ3n) is 2.07. The molecule has 0 aromatic carbocycles. The highest BCUT2D eigenvalue weighted by Crippen LogP contribution is 2.07. The van der Waals surface area contributed by atoms with Gasteiger partial charge in [-0.1, -0.05) is 0 Å². The summed E-state index contributed by atoms with van der Waals surface area (Å²) < 4.78 is 1.87. The van der Waals surface area contributed by atoms with E-state index >= 15 is 0 Å². The molecule has 0 radical (unpaired) electrons. The number of carbonyl (C=O) groups is 1. The predicted molar refractivity (Wildman–Crippen MR) is 53.2 cm³/mol. The lowest BCUT2D eigenvalue weighted by atomic mass is 10.2. The minimum Gasteiger partial charge on any atom is -0.345 e. The zero-order valence-electron chi connectivity index (χ0n) is 8.14. The van der Waals surface area contributed by atoms with Gasteiger partial charge in [-0.05, 0) is 12.1 Å². The van der Waals surface area contributed by atoms with E-state index in [2.05, 4.69) is 4.98 Å². The van der Waals surface area contributed by atoms with E-state index in [1.807, 2.05) is 16.7 Å². The maximum absolute atomic E-state index is 11.6. The largest absolute Gasteiger partial charge is 0.345 e. The fraction of sp³-hybridized carbons (Fsp3) is 0.200. The lowest BCUT2D eigenvalue weighted by Gasteiger charge is -2.09. The number of carbonyl (C=O) groups excluding carboxylic acids is 1. The van der Waals surface area contributed by atoms with E-state index in [0.717, 1.165) is 5.52 Å². The van der Waals surface area contributed by atoms with E-state index in [9.17, 15) is 4.79 Å². The Bertz CT molecular complexity index is 473. The van der Waals surface area contributed by atoms with Gasteiger partial charge in [-0.15, -0.1) is 0 Å². The third-order valence-corrected chi connectivity index (χ3v) is 2.07. The average molecular weight is 189 g/mol. The Hall–Kier alpha value is -1.84. The van der Waals surface area contributed by atoms with Crippen LogP contribution in [0.4, 0.5) is 0 Å². The molecule has 0 aliphatic carbocycles. The Morgan fingerprint density at radius 3 is 3.00 bits per heavy atom. The van der Waals surface area contributed by atoms with Gasteiger partial charge in [0.2, 0.25) is 0 Å². The summed E-state index contributed by atoms with van der Waals surface area (Å²) in [7, 11) is 3.48. The van der Waals surface area contributed by atoms with Crippen molar-refractivity contribution in [2.45, 2.75) is 0 Å². The smallest absolute Gasteiger partial charge is 0.253 e. The van der Waals surface area contributed by atoms with Crippen LogP contribution in [-0.2, 0) is 0 Å². The summed E-state index contributed by atoms with van der Waals surface area (Å²) in [6.07, 6.45) is 5.27. The fourth-order valence-electron chi connectivity index (χ4n) is 1.31. The van der Waals surface area contributed by atoms with E-state index in [1.165, 1.54) is 0 Å². The molecule has 1 amide bonds. The first-order valence-electron chi connectivity index (χ1n) is 4.32. The number of amides is 1. The number of hydrogen-bond acceptors (Lipinski definition) is 2. The second kappa shape index (κ2) is 3.14. The van der Waals surface area contributed by atoms with Crippen LogP contribution < -0.4 is 0 Å². The average Bonchev–Trinajstić information content (AvgIpc) is 2.62.